The Morgan fingerprint density at radius 3 is 0.800 bits per heavy atom. The molecular weight excluding hydrogens is 1090 g/mol. The van der Waals surface area contributed by atoms with Crippen LogP contribution in [0.15, 0.2) is 24.3 Å². The van der Waals surface area contributed by atoms with Crippen LogP contribution in [0.3, 0.4) is 0 Å². The second-order valence-electron chi connectivity index (χ2n) is 21.6. The molecule has 0 radical (unpaired) electrons. The third-order valence-corrected chi connectivity index (χ3v) is 17.9. The minimum atomic E-state index is -5.90. The van der Waals surface area contributed by atoms with Crippen LogP contribution in [0.5, 0.6) is 5.75 Å². The van der Waals surface area contributed by atoms with Crippen molar-refractivity contribution >= 4 is 42.5 Å². The summed E-state index contributed by atoms with van der Waals surface area (Å²) < 4.78 is 232. The van der Waals surface area contributed by atoms with Crippen molar-refractivity contribution in [3.05, 3.63) is 112 Å². The van der Waals surface area contributed by atoms with Crippen LogP contribution >= 0.6 is 0 Å². The van der Waals surface area contributed by atoms with Crippen LogP contribution in [0.25, 0.3) is 0 Å². The summed E-state index contributed by atoms with van der Waals surface area (Å²) in [6.45, 7) is 10.5. The molecule has 4 aromatic rings. The highest BCUT2D eigenvalue weighted by atomic mass is 27.2. The lowest BCUT2D eigenvalue weighted by Crippen LogP contribution is -3.09. The predicted octanol–water partition coefficient (Wildman–Crippen LogP) is 17.0. The van der Waals surface area contributed by atoms with Gasteiger partial charge in [0.2, 0.25) is 0 Å². The highest BCUT2D eigenvalue weighted by Gasteiger charge is 2.50. The molecule has 0 aromatic heterocycles. The van der Waals surface area contributed by atoms with Crippen molar-refractivity contribution in [1.29, 1.82) is 0 Å². The minimum absolute atomic E-state index is 0.165. The van der Waals surface area contributed by atoms with E-state index in [2.05, 4.69) is 20.9 Å². The van der Waals surface area contributed by atoms with Crippen LogP contribution in [-0.2, 0) is 0 Å². The van der Waals surface area contributed by atoms with E-state index in [9.17, 15) is 39.5 Å². The number of hydrogen-bond donors (Lipinski definition) is 1. The van der Waals surface area contributed by atoms with Crippen LogP contribution in [-0.4, -0.2) is 40.8 Å². The Labute approximate surface area is 470 Å². The van der Waals surface area contributed by atoms with E-state index in [1.54, 1.807) is 4.90 Å². The molecule has 0 atom stereocenters. The van der Waals surface area contributed by atoms with Gasteiger partial charge in [-0.1, -0.05) is 211 Å². The maximum Gasteiger partial charge on any atom is 0.546 e. The van der Waals surface area contributed by atoms with E-state index in [4.69, 9.17) is 3.79 Å². The molecule has 0 amide bonds. The second kappa shape index (κ2) is 37.4. The van der Waals surface area contributed by atoms with Crippen LogP contribution < -0.4 is 30.5 Å². The van der Waals surface area contributed by atoms with Gasteiger partial charge in [0.05, 0.1) is 20.1 Å². The number of rotatable bonds is 38. The van der Waals surface area contributed by atoms with Crippen LogP contribution in [0, 0.1) is 87.3 Å². The van der Waals surface area contributed by atoms with Gasteiger partial charge in [0.25, 0.3) is 0 Å². The molecule has 4 rings (SSSR count). The molecule has 0 aliphatic rings. The number of para-hydroxylation sites is 1. The lowest BCUT2D eigenvalue weighted by Gasteiger charge is -2.45. The highest BCUT2D eigenvalue weighted by Crippen LogP contribution is 2.31. The van der Waals surface area contributed by atoms with E-state index in [0.29, 0.717) is 6.07 Å². The molecule has 1 N–H and O–H groups in total. The van der Waals surface area contributed by atoms with Crippen molar-refractivity contribution in [2.24, 2.45) is 0 Å². The summed E-state index contributed by atoms with van der Waals surface area (Å²) in [7, 11) is 2.42. The van der Waals surface area contributed by atoms with Crippen LogP contribution in [0.2, 0.25) is 10.6 Å². The fourth-order valence-corrected chi connectivity index (χ4v) is 12.3. The molecule has 0 spiro atoms. The normalized spacial score (nSPS) is 11.7. The Morgan fingerprint density at radius 2 is 0.550 bits per heavy atom. The van der Waals surface area contributed by atoms with Gasteiger partial charge in [0.15, 0.2) is 52.4 Å². The fourth-order valence-electron chi connectivity index (χ4n) is 10.9. The molecule has 0 fully saturated rings. The van der Waals surface area contributed by atoms with E-state index in [1.807, 2.05) is 0 Å². The maximum atomic E-state index is 15.8. The standard InChI is InChI=1S/C33H69N.C24H5BF15O.2C2H5.Al/c1-4-6-8-10-12-14-16-18-20-22-24-26-28-30-32-34(3)33-31-29-27-25-23-21-19-17-15-13-11-9-7-5-2;26-10-7(11(27)17(33)22(38)16(10)32)25(5-3-1-2-4-6(5)41,8-12(28)18(34)23(39)19(35)13(8)29)9-14(30)20(36)24(40)21(37)15(9)31;2*1-2;/h4-33H2,1-3H3;1-4,41H;2*1H2,2H3;/q;-1;;;+1. The Kier molecular flexibility index (Phi) is 32.9. The van der Waals surface area contributed by atoms with Crippen molar-refractivity contribution in [1.82, 2.24) is 0 Å². The number of nitrogens with one attached hydrogen (secondary N) is 1. The number of hydrogen-bond acceptors (Lipinski definition) is 1. The zero-order valence-electron chi connectivity index (χ0n) is 47.7. The summed E-state index contributed by atoms with van der Waals surface area (Å²) in [4.78, 5) is 1.78. The van der Waals surface area contributed by atoms with Gasteiger partial charge in [-0.15, -0.1) is 16.4 Å². The lowest BCUT2D eigenvalue weighted by molar-refractivity contribution is -0.880. The number of quaternary nitrogens is 1. The molecule has 0 saturated heterocycles. The molecule has 450 valence electrons. The van der Waals surface area contributed by atoms with Gasteiger partial charge in [-0.3, -0.25) is 0 Å². The lowest BCUT2D eigenvalue weighted by atomic mass is 9.12. The zero-order valence-corrected chi connectivity index (χ0v) is 48.8. The number of unbranched alkanes of at least 4 members (excludes halogenated alkanes) is 26. The van der Waals surface area contributed by atoms with E-state index >= 15 is 26.3 Å². The Hall–Kier alpha value is -3.81. The molecular formula is C61H84AlBF15NO. The highest BCUT2D eigenvalue weighted by molar-refractivity contribution is 7.20. The molecule has 0 bridgehead atoms. The molecule has 0 heterocycles. The van der Waals surface area contributed by atoms with Crippen molar-refractivity contribution in [2.45, 2.75) is 218 Å². The molecule has 2 nitrogen and oxygen atoms in total. The smallest absolute Gasteiger partial charge is 0.546 e. The first-order chi connectivity index (χ1) is 38.3. The second-order valence-corrected chi connectivity index (χ2v) is 24.7. The van der Waals surface area contributed by atoms with Crippen molar-refractivity contribution in [3.63, 3.8) is 0 Å². The van der Waals surface area contributed by atoms with Crippen LogP contribution in [0.1, 0.15) is 207 Å². The summed E-state index contributed by atoms with van der Waals surface area (Å²) in [6, 6.07) is 2.94. The van der Waals surface area contributed by atoms with Crippen molar-refractivity contribution < 1.29 is 74.5 Å². The largest absolute Gasteiger partial charge is 0.645 e. The van der Waals surface area contributed by atoms with Gasteiger partial charge >= 0.3 is 14.5 Å². The topological polar surface area (TPSA) is 13.7 Å². The predicted molar refractivity (Wildman–Crippen MR) is 294 cm³/mol. The zero-order chi connectivity index (χ0) is 59.4. The molecule has 0 saturated carbocycles. The molecule has 80 heavy (non-hydrogen) atoms. The first-order valence-electron chi connectivity index (χ1n) is 29.6. The number of benzene rings is 4. The van der Waals surface area contributed by atoms with E-state index in [1.165, 1.54) is 207 Å². The van der Waals surface area contributed by atoms with Crippen molar-refractivity contribution in [2.75, 3.05) is 20.1 Å². The van der Waals surface area contributed by atoms with Gasteiger partial charge in [-0.25, -0.2) is 65.9 Å². The molecule has 0 unspecified atom stereocenters. The van der Waals surface area contributed by atoms with Crippen LogP contribution in [0.4, 0.5) is 65.9 Å². The quantitative estimate of drug-likeness (QED) is 0.0155. The average molecular weight is 1170 g/mol. The Bertz CT molecular complexity index is 2190. The van der Waals surface area contributed by atoms with E-state index in [0.717, 1.165) is 18.2 Å². The summed E-state index contributed by atoms with van der Waals surface area (Å²) in [5.41, 5.74) is -9.57. The SMILES string of the molecule is CCCCCCCCCCCCCCCC[NH+](C)CCCCCCCCCCCCCCCC.C[CH2][Al]([CH2]C)[O]c1ccccc1[B-](c1c(F)c(F)c(F)c(F)c1F)(c1c(F)c(F)c(F)c(F)c1F)c1c(F)c(F)c(F)c(F)c1F. The molecule has 19 heteroatoms. The third kappa shape index (κ3) is 19.4. The maximum absolute atomic E-state index is 15.8. The number of halogens is 15. The van der Waals surface area contributed by atoms with Gasteiger partial charge in [0.1, 0.15) is 41.0 Å². The average Bonchev–Trinajstić information content (AvgIpc) is 3.40. The summed E-state index contributed by atoms with van der Waals surface area (Å²) in [6.07, 6.45) is 35.2. The fraction of sp³-hybridized carbons (Fsp3) is 0.607. The van der Waals surface area contributed by atoms with Gasteiger partial charge < -0.3 is 8.69 Å². The Balaban J connectivity index is 0.000000443. The minimum Gasteiger partial charge on any atom is -0.645 e. The first kappa shape index (κ1) is 70.5. The third-order valence-electron chi connectivity index (χ3n) is 15.5. The monoisotopic (exact) mass is 1170 g/mol. The van der Waals surface area contributed by atoms with Gasteiger partial charge in [-0.2, -0.15) is 5.46 Å². The molecule has 0 aliphatic heterocycles. The van der Waals surface area contributed by atoms with Gasteiger partial charge in [0, 0.05) is 5.75 Å². The molecule has 4 aromatic carbocycles. The first-order valence-corrected chi connectivity index (χ1v) is 31.7. The van der Waals surface area contributed by atoms with E-state index in [-0.39, 0.29) is 10.6 Å². The van der Waals surface area contributed by atoms with E-state index < -0.39 is 135 Å². The Morgan fingerprint density at radius 1 is 0.325 bits per heavy atom. The summed E-state index contributed by atoms with van der Waals surface area (Å²) in [5.74, 6) is -46.7. The van der Waals surface area contributed by atoms with Crippen molar-refractivity contribution in [3.8, 4) is 5.75 Å². The summed E-state index contributed by atoms with van der Waals surface area (Å²) >= 11 is -2.63. The summed E-state index contributed by atoms with van der Waals surface area (Å²) in [5, 5.41) is 0.330. The molecule has 0 aliphatic carbocycles. The van der Waals surface area contributed by atoms with Gasteiger partial charge in [-0.05, 0) is 31.7 Å².